The molecule has 0 amide bonds. The molecule has 4 heteroatoms. The van der Waals surface area contributed by atoms with Crippen molar-refractivity contribution in [2.75, 3.05) is 13.6 Å². The van der Waals surface area contributed by atoms with Gasteiger partial charge in [0.25, 0.3) is 0 Å². The molecule has 1 fully saturated rings. The Kier molecular flexibility index (Phi) is 2.35. The summed E-state index contributed by atoms with van der Waals surface area (Å²) in [4.78, 5) is 2.34. The fourth-order valence-corrected chi connectivity index (χ4v) is 2.63. The van der Waals surface area contributed by atoms with Crippen LogP contribution in [0.2, 0.25) is 0 Å². The fraction of sp³-hybridized carbons (Fsp3) is 0.727. The maximum Gasteiger partial charge on any atom is 0.0644 e. The monoisotopic (exact) mass is 208 g/mol. The topological polar surface area (TPSA) is 47.1 Å². The second-order valence-electron chi connectivity index (χ2n) is 4.77. The first-order valence-electron chi connectivity index (χ1n) is 5.43. The van der Waals surface area contributed by atoms with Crippen molar-refractivity contribution in [1.29, 1.82) is 0 Å². The van der Waals surface area contributed by atoms with Crippen LogP contribution in [-0.2, 0) is 12.6 Å². The van der Waals surface area contributed by atoms with Gasteiger partial charge in [0.2, 0.25) is 0 Å². The molecule has 0 aliphatic carbocycles. The molecule has 84 valence electrons. The largest absolute Gasteiger partial charge is 0.326 e. The standard InChI is InChI=1S/C11H20N4/c1-8-9(7-15(4)13-8)11(2)10(12)5-6-14(11)3/h7,10H,5-6,12H2,1-4H3. The van der Waals surface area contributed by atoms with E-state index in [4.69, 9.17) is 5.73 Å². The first-order valence-corrected chi connectivity index (χ1v) is 5.43. The summed E-state index contributed by atoms with van der Waals surface area (Å²) in [7, 11) is 4.10. The lowest BCUT2D eigenvalue weighted by atomic mass is 9.86. The van der Waals surface area contributed by atoms with E-state index >= 15 is 0 Å². The summed E-state index contributed by atoms with van der Waals surface area (Å²) in [6, 6.07) is 0.199. The Bertz CT molecular complexity index is 359. The Hall–Kier alpha value is -0.870. The van der Waals surface area contributed by atoms with E-state index in [-0.39, 0.29) is 11.6 Å². The molecular formula is C11H20N4. The van der Waals surface area contributed by atoms with E-state index in [1.807, 2.05) is 11.7 Å². The van der Waals surface area contributed by atoms with Crippen LogP contribution in [0.1, 0.15) is 24.6 Å². The highest BCUT2D eigenvalue weighted by Crippen LogP contribution is 2.37. The molecule has 0 radical (unpaired) electrons. The van der Waals surface area contributed by atoms with Gasteiger partial charge in [-0.25, -0.2) is 0 Å². The lowest BCUT2D eigenvalue weighted by Crippen LogP contribution is -2.47. The average Bonchev–Trinajstić information content (AvgIpc) is 2.62. The van der Waals surface area contributed by atoms with Crippen LogP contribution >= 0.6 is 0 Å². The highest BCUT2D eigenvalue weighted by atomic mass is 15.3. The molecule has 2 heterocycles. The molecule has 1 saturated heterocycles. The number of nitrogens with zero attached hydrogens (tertiary/aromatic N) is 3. The van der Waals surface area contributed by atoms with Crippen LogP contribution in [0.4, 0.5) is 0 Å². The molecular weight excluding hydrogens is 188 g/mol. The number of aromatic nitrogens is 2. The normalized spacial score (nSPS) is 32.5. The molecule has 1 aliphatic heterocycles. The quantitative estimate of drug-likeness (QED) is 0.735. The molecule has 2 unspecified atom stereocenters. The van der Waals surface area contributed by atoms with Gasteiger partial charge in [-0.15, -0.1) is 0 Å². The molecule has 2 rings (SSSR count). The van der Waals surface area contributed by atoms with Crippen molar-refractivity contribution in [1.82, 2.24) is 14.7 Å². The predicted octanol–water partition coefficient (Wildman–Crippen LogP) is 0.607. The van der Waals surface area contributed by atoms with Crippen molar-refractivity contribution in [3.8, 4) is 0 Å². The Labute approximate surface area is 91.1 Å². The number of hydrogen-bond donors (Lipinski definition) is 1. The number of likely N-dealkylation sites (tertiary alicyclic amines) is 1. The van der Waals surface area contributed by atoms with Crippen LogP contribution in [0, 0.1) is 6.92 Å². The number of rotatable bonds is 1. The molecule has 1 aliphatic rings. The molecule has 2 atom stereocenters. The van der Waals surface area contributed by atoms with Gasteiger partial charge in [-0.3, -0.25) is 9.58 Å². The van der Waals surface area contributed by atoms with Crippen molar-refractivity contribution in [3.63, 3.8) is 0 Å². The second kappa shape index (κ2) is 3.32. The van der Waals surface area contributed by atoms with Crippen molar-refractivity contribution in [3.05, 3.63) is 17.5 Å². The molecule has 0 saturated carbocycles. The molecule has 0 aromatic carbocycles. The van der Waals surface area contributed by atoms with E-state index in [9.17, 15) is 0 Å². The summed E-state index contributed by atoms with van der Waals surface area (Å²) < 4.78 is 1.87. The van der Waals surface area contributed by atoms with Crippen LogP contribution in [0.5, 0.6) is 0 Å². The third-order valence-corrected chi connectivity index (χ3v) is 3.85. The van der Waals surface area contributed by atoms with E-state index in [1.54, 1.807) is 0 Å². The maximum absolute atomic E-state index is 6.24. The van der Waals surface area contributed by atoms with Crippen LogP contribution in [-0.4, -0.2) is 34.3 Å². The Morgan fingerprint density at radius 2 is 2.20 bits per heavy atom. The zero-order chi connectivity index (χ0) is 11.2. The minimum atomic E-state index is -0.0572. The van der Waals surface area contributed by atoms with Crippen molar-refractivity contribution in [2.45, 2.75) is 31.8 Å². The number of aryl methyl sites for hydroxylation is 2. The third-order valence-electron chi connectivity index (χ3n) is 3.85. The highest BCUT2D eigenvalue weighted by molar-refractivity contribution is 5.29. The molecule has 15 heavy (non-hydrogen) atoms. The van der Waals surface area contributed by atoms with Crippen molar-refractivity contribution >= 4 is 0 Å². The van der Waals surface area contributed by atoms with Gasteiger partial charge in [-0.05, 0) is 27.3 Å². The van der Waals surface area contributed by atoms with Crippen molar-refractivity contribution < 1.29 is 0 Å². The first kappa shape index (κ1) is 10.6. The minimum Gasteiger partial charge on any atom is -0.326 e. The predicted molar refractivity (Wildman–Crippen MR) is 60.5 cm³/mol. The summed E-state index contributed by atoms with van der Waals surface area (Å²) in [6.07, 6.45) is 3.15. The summed E-state index contributed by atoms with van der Waals surface area (Å²) >= 11 is 0. The SMILES string of the molecule is Cc1nn(C)cc1C1(C)C(N)CCN1C. The van der Waals surface area contributed by atoms with Crippen molar-refractivity contribution in [2.24, 2.45) is 12.8 Å². The Balaban J connectivity index is 2.48. The molecule has 0 bridgehead atoms. The number of hydrogen-bond acceptors (Lipinski definition) is 3. The average molecular weight is 208 g/mol. The van der Waals surface area contributed by atoms with Gasteiger partial charge in [-0.1, -0.05) is 0 Å². The lowest BCUT2D eigenvalue weighted by molar-refractivity contribution is 0.180. The molecule has 2 N–H and O–H groups in total. The Morgan fingerprint density at radius 1 is 1.53 bits per heavy atom. The zero-order valence-electron chi connectivity index (χ0n) is 9.99. The molecule has 1 aromatic rings. The Morgan fingerprint density at radius 3 is 2.60 bits per heavy atom. The van der Waals surface area contributed by atoms with Gasteiger partial charge in [0.15, 0.2) is 0 Å². The number of nitrogens with two attached hydrogens (primary N) is 1. The summed E-state index contributed by atoms with van der Waals surface area (Å²) in [6.45, 7) is 5.33. The van der Waals surface area contributed by atoms with E-state index in [0.29, 0.717) is 0 Å². The second-order valence-corrected chi connectivity index (χ2v) is 4.77. The summed E-state index contributed by atoms with van der Waals surface area (Å²) in [5.74, 6) is 0. The van der Waals surface area contributed by atoms with E-state index in [2.05, 4.69) is 37.1 Å². The van der Waals surface area contributed by atoms with Crippen LogP contribution < -0.4 is 5.73 Å². The van der Waals surface area contributed by atoms with E-state index < -0.39 is 0 Å². The van der Waals surface area contributed by atoms with Gasteiger partial charge >= 0.3 is 0 Å². The summed E-state index contributed by atoms with van der Waals surface area (Å²) in [5, 5.41) is 4.40. The highest BCUT2D eigenvalue weighted by Gasteiger charge is 2.44. The lowest BCUT2D eigenvalue weighted by Gasteiger charge is -2.35. The first-order chi connectivity index (χ1) is 6.96. The van der Waals surface area contributed by atoms with Gasteiger partial charge in [-0.2, -0.15) is 5.10 Å². The van der Waals surface area contributed by atoms with E-state index in [0.717, 1.165) is 18.7 Å². The molecule has 4 nitrogen and oxygen atoms in total. The van der Waals surface area contributed by atoms with Gasteiger partial charge in [0.05, 0.1) is 11.2 Å². The maximum atomic E-state index is 6.24. The minimum absolute atomic E-state index is 0.0572. The third kappa shape index (κ3) is 1.40. The smallest absolute Gasteiger partial charge is 0.0644 e. The molecule has 0 spiro atoms. The van der Waals surface area contributed by atoms with Gasteiger partial charge < -0.3 is 5.73 Å². The van der Waals surface area contributed by atoms with Gasteiger partial charge in [0.1, 0.15) is 0 Å². The van der Waals surface area contributed by atoms with Crippen LogP contribution in [0.25, 0.3) is 0 Å². The van der Waals surface area contributed by atoms with Gasteiger partial charge in [0, 0.05) is 31.4 Å². The fourth-order valence-electron chi connectivity index (χ4n) is 2.63. The summed E-state index contributed by atoms with van der Waals surface area (Å²) in [5.41, 5.74) is 8.53. The van der Waals surface area contributed by atoms with Crippen LogP contribution in [0.3, 0.4) is 0 Å². The zero-order valence-corrected chi connectivity index (χ0v) is 9.99. The molecule has 1 aromatic heterocycles. The van der Waals surface area contributed by atoms with Crippen LogP contribution in [0.15, 0.2) is 6.20 Å². The van der Waals surface area contributed by atoms with E-state index in [1.165, 1.54) is 5.56 Å². The number of likely N-dealkylation sites (N-methyl/N-ethyl adjacent to an activating group) is 1.